The van der Waals surface area contributed by atoms with Crippen molar-refractivity contribution < 1.29 is 4.79 Å². The zero-order chi connectivity index (χ0) is 8.57. The molecule has 0 unspecified atom stereocenters. The first-order valence-electron chi connectivity index (χ1n) is 2.71. The Kier molecular flexibility index (Phi) is 9.75. The fourth-order valence-electron chi connectivity index (χ4n) is 0.312. The summed E-state index contributed by atoms with van der Waals surface area (Å²) in [5, 5.41) is -0.456. The molecular weight excluding hydrogens is 148 g/mol. The third-order valence-corrected chi connectivity index (χ3v) is 0.976. The van der Waals surface area contributed by atoms with Crippen LogP contribution in [0.4, 0.5) is 0 Å². The fraction of sp³-hybridized carbons (Fsp3) is 0.125. The van der Waals surface area contributed by atoms with E-state index in [2.05, 4.69) is 19.7 Å². The van der Waals surface area contributed by atoms with E-state index in [0.717, 1.165) is 0 Å². The van der Waals surface area contributed by atoms with Crippen molar-refractivity contribution in [2.75, 3.05) is 0 Å². The lowest BCUT2D eigenvalue weighted by atomic mass is 10.3. The molecule has 1 nitrogen and oxygen atoms in total. The number of carbonyl (C=O) groups is 1. The Morgan fingerprint density at radius 3 is 1.90 bits per heavy atom. The number of hydrogen-bond donors (Lipinski definition) is 0. The Labute approximate surface area is 66.7 Å². The van der Waals surface area contributed by atoms with Gasteiger partial charge >= 0.3 is 0 Å². The van der Waals surface area contributed by atoms with Gasteiger partial charge in [-0.25, -0.2) is 0 Å². The van der Waals surface area contributed by atoms with Crippen molar-refractivity contribution in [1.29, 1.82) is 0 Å². The molecule has 0 spiro atoms. The summed E-state index contributed by atoms with van der Waals surface area (Å²) in [7, 11) is 0. The highest BCUT2D eigenvalue weighted by Crippen LogP contribution is 1.99. The van der Waals surface area contributed by atoms with Crippen molar-refractivity contribution in [3.63, 3.8) is 0 Å². The van der Waals surface area contributed by atoms with Crippen LogP contribution in [0, 0.1) is 0 Å². The molecule has 0 saturated heterocycles. The van der Waals surface area contributed by atoms with Crippen LogP contribution < -0.4 is 0 Å². The van der Waals surface area contributed by atoms with Crippen molar-refractivity contribution >= 4 is 16.8 Å². The minimum absolute atomic E-state index is 0.451. The van der Waals surface area contributed by atoms with Crippen molar-refractivity contribution in [1.82, 2.24) is 0 Å². The Hall–Kier alpha value is -0.820. The van der Waals surface area contributed by atoms with E-state index in [-0.39, 0.29) is 0 Å². The van der Waals surface area contributed by atoms with E-state index in [9.17, 15) is 4.79 Å². The quantitative estimate of drug-likeness (QED) is 0.261. The molecule has 0 aliphatic heterocycles. The monoisotopic (exact) mass is 158 g/mol. The molecule has 0 aromatic carbocycles. The molecule has 0 aromatic heterocycles. The molecule has 2 heteroatoms. The minimum atomic E-state index is -0.456. The Morgan fingerprint density at radius 2 is 1.90 bits per heavy atom. The van der Waals surface area contributed by atoms with Gasteiger partial charge in [-0.3, -0.25) is 4.79 Å². The van der Waals surface area contributed by atoms with Crippen LogP contribution in [0.2, 0.25) is 0 Å². The highest BCUT2D eigenvalue weighted by molar-refractivity contribution is 6.68. The van der Waals surface area contributed by atoms with Crippen molar-refractivity contribution in [2.45, 2.75) is 6.92 Å². The molecule has 0 saturated carbocycles. The van der Waals surface area contributed by atoms with Crippen LogP contribution in [0.1, 0.15) is 6.92 Å². The molecule has 0 bridgehead atoms. The van der Waals surface area contributed by atoms with E-state index in [1.165, 1.54) is 6.08 Å². The second-order valence-electron chi connectivity index (χ2n) is 1.22. The van der Waals surface area contributed by atoms with Gasteiger partial charge in [-0.05, 0) is 18.5 Å². The van der Waals surface area contributed by atoms with Gasteiger partial charge in [-0.1, -0.05) is 18.7 Å². The molecular formula is C8H11ClO. The fourth-order valence-corrected chi connectivity index (χ4v) is 0.498. The molecule has 56 valence electrons. The summed E-state index contributed by atoms with van der Waals surface area (Å²) in [5.41, 5.74) is 0.451. The Balaban J connectivity index is 0. The summed E-state index contributed by atoms with van der Waals surface area (Å²) >= 11 is 5.07. The first-order chi connectivity index (χ1) is 4.72. The SMILES string of the molecule is C=C.C=C/C(=C\C)C(=O)Cl. The predicted molar refractivity (Wildman–Crippen MR) is 46.1 cm³/mol. The molecule has 0 fully saturated rings. The van der Waals surface area contributed by atoms with Crippen LogP contribution in [-0.2, 0) is 4.79 Å². The van der Waals surface area contributed by atoms with Gasteiger partial charge < -0.3 is 0 Å². The summed E-state index contributed by atoms with van der Waals surface area (Å²) in [5.74, 6) is 0. The normalized spacial score (nSPS) is 9.20. The van der Waals surface area contributed by atoms with Crippen molar-refractivity contribution in [2.24, 2.45) is 0 Å². The average molecular weight is 159 g/mol. The molecule has 0 aliphatic rings. The van der Waals surface area contributed by atoms with E-state index in [4.69, 9.17) is 11.6 Å². The van der Waals surface area contributed by atoms with Gasteiger partial charge in [0.1, 0.15) is 0 Å². The zero-order valence-electron chi connectivity index (χ0n) is 6.06. The highest BCUT2D eigenvalue weighted by Gasteiger charge is 1.95. The van der Waals surface area contributed by atoms with Crippen LogP contribution in [0.15, 0.2) is 37.5 Å². The number of carbonyl (C=O) groups excluding carboxylic acids is 1. The molecule has 10 heavy (non-hydrogen) atoms. The van der Waals surface area contributed by atoms with Gasteiger partial charge in [-0.2, -0.15) is 0 Å². The lowest BCUT2D eigenvalue weighted by Gasteiger charge is -1.85. The number of halogens is 1. The van der Waals surface area contributed by atoms with Crippen LogP contribution in [-0.4, -0.2) is 5.24 Å². The third-order valence-electron chi connectivity index (χ3n) is 0.758. The standard InChI is InChI=1S/C6H7ClO.C2H4/c1-3-5(4-2)6(7)8;1-2/h3-4H,1H2,2H3;1-2H2/b5-4+;. The molecule has 0 rings (SSSR count). The Bertz CT molecular complexity index is 147. The molecule has 0 atom stereocenters. The van der Waals surface area contributed by atoms with Crippen LogP contribution in [0.5, 0.6) is 0 Å². The van der Waals surface area contributed by atoms with Crippen molar-refractivity contribution in [3.05, 3.63) is 37.5 Å². The number of rotatable bonds is 2. The molecule has 0 N–H and O–H groups in total. The second kappa shape index (κ2) is 8.18. The van der Waals surface area contributed by atoms with Gasteiger partial charge in [-0.15, -0.1) is 13.2 Å². The highest BCUT2D eigenvalue weighted by atomic mass is 35.5. The maximum atomic E-state index is 10.2. The van der Waals surface area contributed by atoms with Crippen LogP contribution >= 0.6 is 11.6 Å². The van der Waals surface area contributed by atoms with Crippen LogP contribution in [0.25, 0.3) is 0 Å². The minimum Gasteiger partial charge on any atom is -0.276 e. The lowest BCUT2D eigenvalue weighted by Crippen LogP contribution is -1.86. The molecule has 0 radical (unpaired) electrons. The summed E-state index contributed by atoms with van der Waals surface area (Å²) in [4.78, 5) is 10.2. The van der Waals surface area contributed by atoms with E-state index >= 15 is 0 Å². The summed E-state index contributed by atoms with van der Waals surface area (Å²) in [6.07, 6.45) is 3.04. The van der Waals surface area contributed by atoms with Crippen LogP contribution in [0.3, 0.4) is 0 Å². The maximum Gasteiger partial charge on any atom is 0.252 e. The maximum absolute atomic E-state index is 10.2. The van der Waals surface area contributed by atoms with E-state index in [1.807, 2.05) is 0 Å². The third kappa shape index (κ3) is 5.32. The molecule has 0 amide bonds. The lowest BCUT2D eigenvalue weighted by molar-refractivity contribution is -0.108. The summed E-state index contributed by atoms with van der Waals surface area (Å²) in [6, 6.07) is 0. The van der Waals surface area contributed by atoms with E-state index in [1.54, 1.807) is 13.0 Å². The average Bonchev–Trinajstić information content (AvgIpc) is 1.94. The van der Waals surface area contributed by atoms with Gasteiger partial charge in [0.25, 0.3) is 5.24 Å². The largest absolute Gasteiger partial charge is 0.276 e. The number of allylic oxidation sites excluding steroid dienone is 3. The molecule has 0 aromatic rings. The van der Waals surface area contributed by atoms with Crippen molar-refractivity contribution in [3.8, 4) is 0 Å². The van der Waals surface area contributed by atoms with Gasteiger partial charge in [0.2, 0.25) is 0 Å². The van der Waals surface area contributed by atoms with Gasteiger partial charge in [0.05, 0.1) is 0 Å². The number of hydrogen-bond acceptors (Lipinski definition) is 1. The first-order valence-corrected chi connectivity index (χ1v) is 3.08. The summed E-state index contributed by atoms with van der Waals surface area (Å²) < 4.78 is 0. The smallest absolute Gasteiger partial charge is 0.252 e. The zero-order valence-corrected chi connectivity index (χ0v) is 6.82. The predicted octanol–water partition coefficient (Wildman–Crippen LogP) is 2.69. The second-order valence-corrected chi connectivity index (χ2v) is 1.57. The first kappa shape index (κ1) is 11.9. The molecule has 0 heterocycles. The topological polar surface area (TPSA) is 17.1 Å². The summed E-state index contributed by atoms with van der Waals surface area (Å²) in [6.45, 7) is 11.1. The Morgan fingerprint density at radius 1 is 1.50 bits per heavy atom. The van der Waals surface area contributed by atoms with Gasteiger partial charge in [0.15, 0.2) is 0 Å². The van der Waals surface area contributed by atoms with E-state index < -0.39 is 5.24 Å². The van der Waals surface area contributed by atoms with E-state index in [0.29, 0.717) is 5.57 Å². The molecule has 0 aliphatic carbocycles. The van der Waals surface area contributed by atoms with Gasteiger partial charge in [0, 0.05) is 5.57 Å².